The summed E-state index contributed by atoms with van der Waals surface area (Å²) >= 11 is 0. The Hall–Kier alpha value is -1.66. The fraction of sp³-hybridized carbons (Fsp3) is 0.600. The zero-order valence-corrected chi connectivity index (χ0v) is 12.7. The molecule has 0 saturated carbocycles. The zero-order valence-electron chi connectivity index (χ0n) is 12.7. The maximum Gasteiger partial charge on any atom is 0.311 e. The van der Waals surface area contributed by atoms with Crippen molar-refractivity contribution in [3.05, 3.63) is 33.9 Å². The van der Waals surface area contributed by atoms with E-state index in [0.29, 0.717) is 11.8 Å². The molecule has 1 heterocycles. The van der Waals surface area contributed by atoms with Crippen molar-refractivity contribution >= 4 is 5.69 Å². The summed E-state index contributed by atoms with van der Waals surface area (Å²) in [5, 5.41) is 14.3. The lowest BCUT2D eigenvalue weighted by Crippen LogP contribution is -2.44. The molecule has 0 aromatic heterocycles. The van der Waals surface area contributed by atoms with Crippen LogP contribution in [0, 0.1) is 10.1 Å². The minimum absolute atomic E-state index is 0.0391. The highest BCUT2D eigenvalue weighted by molar-refractivity contribution is 5.48. The molecule has 1 atom stereocenters. The second kappa shape index (κ2) is 7.38. The van der Waals surface area contributed by atoms with E-state index in [-0.39, 0.29) is 10.6 Å². The zero-order chi connectivity index (χ0) is 15.2. The highest BCUT2D eigenvalue weighted by Gasteiger charge is 2.23. The SMILES string of the molecule is CNCC1CCCCN1Cc1ccc(OC)c([N+](=O)[O-])c1. The van der Waals surface area contributed by atoms with Crippen molar-refractivity contribution < 1.29 is 9.66 Å². The number of hydrogen-bond acceptors (Lipinski definition) is 5. The number of piperidine rings is 1. The lowest BCUT2D eigenvalue weighted by molar-refractivity contribution is -0.385. The van der Waals surface area contributed by atoms with Gasteiger partial charge in [0.25, 0.3) is 0 Å². The third kappa shape index (κ3) is 3.92. The van der Waals surface area contributed by atoms with Crippen LogP contribution in [0.3, 0.4) is 0 Å². The Balaban J connectivity index is 2.14. The van der Waals surface area contributed by atoms with Gasteiger partial charge >= 0.3 is 5.69 Å². The number of nitro benzene ring substituents is 1. The number of nitrogens with zero attached hydrogens (tertiary/aromatic N) is 2. The summed E-state index contributed by atoms with van der Waals surface area (Å²) in [6.45, 7) is 2.75. The number of methoxy groups -OCH3 is 1. The van der Waals surface area contributed by atoms with Gasteiger partial charge in [-0.2, -0.15) is 0 Å². The minimum atomic E-state index is -0.385. The van der Waals surface area contributed by atoms with Crippen LogP contribution in [0.5, 0.6) is 5.75 Å². The average molecular weight is 293 g/mol. The second-order valence-electron chi connectivity index (χ2n) is 5.44. The molecule has 1 aromatic rings. The maximum atomic E-state index is 11.1. The first-order valence-corrected chi connectivity index (χ1v) is 7.35. The highest BCUT2D eigenvalue weighted by atomic mass is 16.6. The summed E-state index contributed by atoms with van der Waals surface area (Å²) in [6, 6.07) is 5.73. The van der Waals surface area contributed by atoms with E-state index in [1.54, 1.807) is 12.1 Å². The number of benzene rings is 1. The second-order valence-corrected chi connectivity index (χ2v) is 5.44. The minimum Gasteiger partial charge on any atom is -0.490 e. The average Bonchev–Trinajstić information content (AvgIpc) is 2.49. The fourth-order valence-corrected chi connectivity index (χ4v) is 2.95. The monoisotopic (exact) mass is 293 g/mol. The van der Waals surface area contributed by atoms with Crippen LogP contribution in [0.2, 0.25) is 0 Å². The van der Waals surface area contributed by atoms with Crippen LogP contribution < -0.4 is 10.1 Å². The van der Waals surface area contributed by atoms with Crippen molar-refractivity contribution in [1.82, 2.24) is 10.2 Å². The van der Waals surface area contributed by atoms with E-state index < -0.39 is 0 Å². The first-order valence-electron chi connectivity index (χ1n) is 7.35. The van der Waals surface area contributed by atoms with Crippen LogP contribution in [0.25, 0.3) is 0 Å². The van der Waals surface area contributed by atoms with Gasteiger partial charge in [-0.05, 0) is 38.1 Å². The first kappa shape index (κ1) is 15.7. The highest BCUT2D eigenvalue weighted by Crippen LogP contribution is 2.29. The number of likely N-dealkylation sites (N-methyl/N-ethyl adjacent to an activating group) is 1. The van der Waals surface area contributed by atoms with E-state index >= 15 is 0 Å². The summed E-state index contributed by atoms with van der Waals surface area (Å²) in [4.78, 5) is 13.1. The number of hydrogen-bond donors (Lipinski definition) is 1. The van der Waals surface area contributed by atoms with Gasteiger partial charge in [-0.1, -0.05) is 12.5 Å². The van der Waals surface area contributed by atoms with E-state index in [4.69, 9.17) is 4.74 Å². The molecule has 116 valence electrons. The lowest BCUT2D eigenvalue weighted by Gasteiger charge is -2.35. The van der Waals surface area contributed by atoms with E-state index in [9.17, 15) is 10.1 Å². The topological polar surface area (TPSA) is 67.6 Å². The molecule has 0 bridgehead atoms. The largest absolute Gasteiger partial charge is 0.490 e. The van der Waals surface area contributed by atoms with Crippen LogP contribution in [0.15, 0.2) is 18.2 Å². The molecule has 21 heavy (non-hydrogen) atoms. The number of nitrogens with one attached hydrogen (secondary N) is 1. The number of likely N-dealkylation sites (tertiary alicyclic amines) is 1. The fourth-order valence-electron chi connectivity index (χ4n) is 2.95. The molecule has 0 aliphatic carbocycles. The van der Waals surface area contributed by atoms with Crippen LogP contribution in [-0.2, 0) is 6.54 Å². The molecule has 6 heteroatoms. The van der Waals surface area contributed by atoms with Crippen LogP contribution >= 0.6 is 0 Å². The summed E-state index contributed by atoms with van der Waals surface area (Å²) in [5.41, 5.74) is 1.00. The summed E-state index contributed by atoms with van der Waals surface area (Å²) < 4.78 is 5.05. The van der Waals surface area contributed by atoms with Crippen LogP contribution in [-0.4, -0.2) is 43.1 Å². The number of ether oxygens (including phenoxy) is 1. The summed E-state index contributed by atoms with van der Waals surface area (Å²) in [7, 11) is 3.42. The molecule has 0 amide bonds. The quantitative estimate of drug-likeness (QED) is 0.643. The third-order valence-electron chi connectivity index (χ3n) is 4.01. The molecule has 0 radical (unpaired) electrons. The van der Waals surface area contributed by atoms with Gasteiger partial charge in [0.2, 0.25) is 0 Å². The van der Waals surface area contributed by atoms with Gasteiger partial charge in [0.15, 0.2) is 5.75 Å². The van der Waals surface area contributed by atoms with Gasteiger partial charge in [0.1, 0.15) is 0 Å². The lowest BCUT2D eigenvalue weighted by atomic mass is 10.0. The molecule has 1 aliphatic heterocycles. The van der Waals surface area contributed by atoms with Gasteiger partial charge in [-0.15, -0.1) is 0 Å². The molecule has 6 nitrogen and oxygen atoms in total. The predicted octanol–water partition coefficient (Wildman–Crippen LogP) is 2.18. The molecule has 0 spiro atoms. The Bertz CT molecular complexity index is 491. The smallest absolute Gasteiger partial charge is 0.311 e. The Morgan fingerprint density at radius 1 is 1.48 bits per heavy atom. The van der Waals surface area contributed by atoms with E-state index in [2.05, 4.69) is 10.2 Å². The molecule has 1 saturated heterocycles. The Morgan fingerprint density at radius 3 is 2.95 bits per heavy atom. The van der Waals surface area contributed by atoms with Crippen molar-refractivity contribution in [2.45, 2.75) is 31.8 Å². The first-order chi connectivity index (χ1) is 10.2. The molecule has 1 fully saturated rings. The third-order valence-corrected chi connectivity index (χ3v) is 4.01. The van der Waals surface area contributed by atoms with E-state index in [1.165, 1.54) is 26.4 Å². The van der Waals surface area contributed by atoms with Gasteiger partial charge in [0.05, 0.1) is 12.0 Å². The van der Waals surface area contributed by atoms with Crippen molar-refractivity contribution in [2.24, 2.45) is 0 Å². The van der Waals surface area contributed by atoms with Crippen molar-refractivity contribution in [3.63, 3.8) is 0 Å². The molecular weight excluding hydrogens is 270 g/mol. The Labute approximate surface area is 125 Å². The van der Waals surface area contributed by atoms with Gasteiger partial charge in [-0.3, -0.25) is 15.0 Å². The van der Waals surface area contributed by atoms with Crippen LogP contribution in [0.4, 0.5) is 5.69 Å². The summed E-state index contributed by atoms with van der Waals surface area (Å²) in [5.74, 6) is 0.314. The standard InChI is InChI=1S/C15H23N3O3/c1-16-10-13-5-3-4-8-17(13)11-12-6-7-15(21-2)14(9-12)18(19)20/h6-7,9,13,16H,3-5,8,10-11H2,1-2H3. The maximum absolute atomic E-state index is 11.1. The Kier molecular flexibility index (Phi) is 5.52. The molecule has 2 rings (SSSR count). The molecule has 1 N–H and O–H groups in total. The van der Waals surface area contributed by atoms with E-state index in [1.807, 2.05) is 13.1 Å². The van der Waals surface area contributed by atoms with Crippen LogP contribution in [0.1, 0.15) is 24.8 Å². The number of rotatable bonds is 6. The normalized spacial score (nSPS) is 19.4. The molecular formula is C15H23N3O3. The van der Waals surface area contributed by atoms with E-state index in [0.717, 1.165) is 25.2 Å². The molecule has 1 aliphatic rings. The summed E-state index contributed by atoms with van der Waals surface area (Å²) in [6.07, 6.45) is 3.63. The van der Waals surface area contributed by atoms with Gasteiger partial charge < -0.3 is 10.1 Å². The predicted molar refractivity (Wildman–Crippen MR) is 81.6 cm³/mol. The molecule has 1 unspecified atom stereocenters. The van der Waals surface area contributed by atoms with Crippen molar-refractivity contribution in [3.8, 4) is 5.75 Å². The Morgan fingerprint density at radius 2 is 2.29 bits per heavy atom. The van der Waals surface area contributed by atoms with Crippen molar-refractivity contribution in [2.75, 3.05) is 27.2 Å². The molecule has 1 aromatic carbocycles. The number of nitro groups is 1. The van der Waals surface area contributed by atoms with Gasteiger partial charge in [0, 0.05) is 25.2 Å². The van der Waals surface area contributed by atoms with Gasteiger partial charge in [-0.25, -0.2) is 0 Å². The van der Waals surface area contributed by atoms with Crippen molar-refractivity contribution in [1.29, 1.82) is 0 Å².